The van der Waals surface area contributed by atoms with Crippen LogP contribution < -0.4 is 4.90 Å². The molecule has 0 aliphatic carbocycles. The summed E-state index contributed by atoms with van der Waals surface area (Å²) in [4.78, 5) is 31.8. The SMILES string of the molecule is Cc1cc(N2CCN(C(=O)c3ccc4nc(C(F)F)[nH]c4c3)CC2)n2ncnc2n1. The molecule has 5 rings (SSSR count). The largest absolute Gasteiger partial charge is 0.353 e. The van der Waals surface area contributed by atoms with Gasteiger partial charge in [0.15, 0.2) is 5.82 Å². The van der Waals surface area contributed by atoms with Gasteiger partial charge in [-0.05, 0) is 25.1 Å². The molecule has 1 fully saturated rings. The van der Waals surface area contributed by atoms with Crippen LogP contribution in [-0.2, 0) is 0 Å². The van der Waals surface area contributed by atoms with E-state index in [-0.39, 0.29) is 5.91 Å². The molecular formula is C19H18F2N8O. The van der Waals surface area contributed by atoms with Gasteiger partial charge in [-0.15, -0.1) is 0 Å². The second-order valence-corrected chi connectivity index (χ2v) is 7.16. The van der Waals surface area contributed by atoms with Gasteiger partial charge in [-0.25, -0.2) is 18.7 Å². The van der Waals surface area contributed by atoms with Gasteiger partial charge in [0.05, 0.1) is 11.0 Å². The maximum atomic E-state index is 12.9. The van der Waals surface area contributed by atoms with Gasteiger partial charge in [0.2, 0.25) is 0 Å². The van der Waals surface area contributed by atoms with Crippen molar-refractivity contribution in [3.05, 3.63) is 47.7 Å². The number of piperazine rings is 1. The van der Waals surface area contributed by atoms with Crippen LogP contribution in [0.3, 0.4) is 0 Å². The number of fused-ring (bicyclic) bond motifs is 2. The molecule has 0 spiro atoms. The van der Waals surface area contributed by atoms with E-state index in [2.05, 4.69) is 29.9 Å². The fourth-order valence-corrected chi connectivity index (χ4v) is 3.72. The van der Waals surface area contributed by atoms with E-state index in [0.29, 0.717) is 48.6 Å². The van der Waals surface area contributed by atoms with E-state index in [1.807, 2.05) is 13.0 Å². The number of aryl methyl sites for hydroxylation is 1. The molecule has 0 atom stereocenters. The quantitative estimate of drug-likeness (QED) is 0.554. The Kier molecular flexibility index (Phi) is 4.30. The molecule has 0 saturated carbocycles. The zero-order valence-corrected chi connectivity index (χ0v) is 16.1. The zero-order valence-electron chi connectivity index (χ0n) is 16.1. The second kappa shape index (κ2) is 7.01. The molecule has 1 N–H and O–H groups in total. The third-order valence-electron chi connectivity index (χ3n) is 5.21. The van der Waals surface area contributed by atoms with Crippen molar-refractivity contribution in [3.63, 3.8) is 0 Å². The number of hydrogen-bond donors (Lipinski definition) is 1. The van der Waals surface area contributed by atoms with Crippen LogP contribution in [0.2, 0.25) is 0 Å². The van der Waals surface area contributed by atoms with Gasteiger partial charge in [-0.1, -0.05) is 0 Å². The van der Waals surface area contributed by atoms with E-state index in [0.717, 1.165) is 11.5 Å². The number of amides is 1. The fraction of sp³-hybridized carbons (Fsp3) is 0.316. The summed E-state index contributed by atoms with van der Waals surface area (Å²) >= 11 is 0. The third-order valence-corrected chi connectivity index (χ3v) is 5.21. The summed E-state index contributed by atoms with van der Waals surface area (Å²) in [5.74, 6) is 0.900. The second-order valence-electron chi connectivity index (χ2n) is 7.16. The van der Waals surface area contributed by atoms with Crippen molar-refractivity contribution in [3.8, 4) is 0 Å². The van der Waals surface area contributed by atoms with Crippen molar-refractivity contribution in [2.45, 2.75) is 13.3 Å². The normalized spacial score (nSPS) is 14.9. The Morgan fingerprint density at radius 1 is 1.13 bits per heavy atom. The number of nitrogens with zero attached hydrogens (tertiary/aromatic N) is 7. The first-order chi connectivity index (χ1) is 14.5. The number of anilines is 1. The van der Waals surface area contributed by atoms with Crippen molar-refractivity contribution in [1.29, 1.82) is 0 Å². The first-order valence-electron chi connectivity index (χ1n) is 9.49. The maximum Gasteiger partial charge on any atom is 0.295 e. The Balaban J connectivity index is 1.33. The van der Waals surface area contributed by atoms with Gasteiger partial charge in [-0.2, -0.15) is 14.6 Å². The van der Waals surface area contributed by atoms with Crippen molar-refractivity contribution in [2.24, 2.45) is 0 Å². The summed E-state index contributed by atoms with van der Waals surface area (Å²) in [5.41, 5.74) is 2.13. The van der Waals surface area contributed by atoms with Gasteiger partial charge < -0.3 is 14.8 Å². The topological polar surface area (TPSA) is 95.3 Å². The molecule has 1 saturated heterocycles. The van der Waals surface area contributed by atoms with Crippen LogP contribution in [0.1, 0.15) is 28.3 Å². The molecule has 11 heteroatoms. The molecule has 9 nitrogen and oxygen atoms in total. The van der Waals surface area contributed by atoms with E-state index in [9.17, 15) is 13.6 Å². The predicted octanol–water partition coefficient (Wildman–Crippen LogP) is 2.21. The summed E-state index contributed by atoms with van der Waals surface area (Å²) in [7, 11) is 0. The third kappa shape index (κ3) is 3.11. The van der Waals surface area contributed by atoms with E-state index in [1.165, 1.54) is 6.33 Å². The number of carbonyl (C=O) groups excluding carboxylic acids is 1. The van der Waals surface area contributed by atoms with Crippen LogP contribution in [0.4, 0.5) is 14.6 Å². The Bertz CT molecular complexity index is 1240. The predicted molar refractivity (Wildman–Crippen MR) is 105 cm³/mol. The van der Waals surface area contributed by atoms with E-state index >= 15 is 0 Å². The van der Waals surface area contributed by atoms with Crippen molar-refractivity contribution < 1.29 is 13.6 Å². The molecule has 0 bridgehead atoms. The highest BCUT2D eigenvalue weighted by atomic mass is 19.3. The number of alkyl halides is 2. The van der Waals surface area contributed by atoms with Crippen LogP contribution in [0, 0.1) is 6.92 Å². The molecule has 3 aromatic heterocycles. The molecule has 1 aliphatic heterocycles. The number of hydrogen-bond acceptors (Lipinski definition) is 6. The average Bonchev–Trinajstić information content (AvgIpc) is 3.39. The molecular weight excluding hydrogens is 394 g/mol. The van der Waals surface area contributed by atoms with Gasteiger partial charge in [0.1, 0.15) is 12.1 Å². The number of benzene rings is 1. The minimum atomic E-state index is -2.68. The number of nitrogens with one attached hydrogen (secondary N) is 1. The lowest BCUT2D eigenvalue weighted by Gasteiger charge is -2.36. The Hall–Kier alpha value is -3.63. The van der Waals surface area contributed by atoms with Crippen molar-refractivity contribution >= 4 is 28.5 Å². The van der Waals surface area contributed by atoms with Crippen molar-refractivity contribution in [2.75, 3.05) is 31.1 Å². The Labute approximate surface area is 169 Å². The number of H-pyrrole nitrogens is 1. The fourth-order valence-electron chi connectivity index (χ4n) is 3.72. The van der Waals surface area contributed by atoms with E-state index in [4.69, 9.17) is 0 Å². The Morgan fingerprint density at radius 3 is 2.70 bits per heavy atom. The van der Waals surface area contributed by atoms with E-state index in [1.54, 1.807) is 27.6 Å². The number of aromatic amines is 1. The maximum absolute atomic E-state index is 12.9. The average molecular weight is 412 g/mol. The summed E-state index contributed by atoms with van der Waals surface area (Å²) in [6, 6.07) is 6.74. The zero-order chi connectivity index (χ0) is 20.8. The molecule has 1 aromatic carbocycles. The summed E-state index contributed by atoms with van der Waals surface area (Å²) in [6.45, 7) is 4.22. The Morgan fingerprint density at radius 2 is 1.93 bits per heavy atom. The molecule has 0 unspecified atom stereocenters. The highest BCUT2D eigenvalue weighted by Gasteiger charge is 2.25. The van der Waals surface area contributed by atoms with Gasteiger partial charge in [0, 0.05) is 43.5 Å². The highest BCUT2D eigenvalue weighted by molar-refractivity contribution is 5.97. The number of carbonyl (C=O) groups is 1. The molecule has 1 amide bonds. The van der Waals surface area contributed by atoms with Gasteiger partial charge in [0.25, 0.3) is 18.1 Å². The minimum Gasteiger partial charge on any atom is -0.353 e. The number of rotatable bonds is 3. The van der Waals surface area contributed by atoms with Crippen LogP contribution in [0.15, 0.2) is 30.6 Å². The number of imidazole rings is 1. The number of halogens is 2. The summed E-state index contributed by atoms with van der Waals surface area (Å²) < 4.78 is 27.4. The summed E-state index contributed by atoms with van der Waals surface area (Å²) in [6.07, 6.45) is -1.21. The monoisotopic (exact) mass is 412 g/mol. The van der Waals surface area contributed by atoms with Gasteiger partial charge >= 0.3 is 0 Å². The van der Waals surface area contributed by atoms with Crippen LogP contribution >= 0.6 is 0 Å². The van der Waals surface area contributed by atoms with Crippen LogP contribution in [-0.4, -0.2) is 66.5 Å². The lowest BCUT2D eigenvalue weighted by Crippen LogP contribution is -2.49. The smallest absolute Gasteiger partial charge is 0.295 e. The number of aromatic nitrogens is 6. The van der Waals surface area contributed by atoms with Crippen molar-refractivity contribution in [1.82, 2.24) is 34.4 Å². The molecule has 1 aliphatic rings. The van der Waals surface area contributed by atoms with E-state index < -0.39 is 12.2 Å². The standard InChI is InChI=1S/C19H18F2N8O/c1-11-8-15(29-19(24-11)22-10-23-29)27-4-6-28(7-5-27)18(30)12-2-3-13-14(9-12)26-17(25-13)16(20)21/h2-3,8-10,16H,4-7H2,1H3,(H,25,26). The van der Waals surface area contributed by atoms with Crippen LogP contribution in [0.5, 0.6) is 0 Å². The lowest BCUT2D eigenvalue weighted by molar-refractivity contribution is 0.0746. The summed E-state index contributed by atoms with van der Waals surface area (Å²) in [5, 5.41) is 4.24. The molecule has 30 heavy (non-hydrogen) atoms. The lowest BCUT2D eigenvalue weighted by atomic mass is 10.1. The molecule has 0 radical (unpaired) electrons. The first kappa shape index (κ1) is 18.4. The molecule has 4 aromatic rings. The first-order valence-corrected chi connectivity index (χ1v) is 9.49. The minimum absolute atomic E-state index is 0.137. The van der Waals surface area contributed by atoms with Gasteiger partial charge in [-0.3, -0.25) is 4.79 Å². The molecule has 4 heterocycles. The van der Waals surface area contributed by atoms with Crippen LogP contribution in [0.25, 0.3) is 16.8 Å². The highest BCUT2D eigenvalue weighted by Crippen LogP contribution is 2.22. The molecule has 154 valence electrons.